The second-order valence-electron chi connectivity index (χ2n) is 4.87. The molecule has 1 unspecified atom stereocenters. The highest BCUT2D eigenvalue weighted by atomic mass is 35.5. The van der Waals surface area contributed by atoms with Gasteiger partial charge in [-0.2, -0.15) is 0 Å². The number of likely N-dealkylation sites (tertiary alicyclic amines) is 1. The molecule has 1 saturated heterocycles. The number of ether oxygens (including phenoxy) is 1. The van der Waals surface area contributed by atoms with Crippen LogP contribution in [0.2, 0.25) is 0 Å². The molecule has 0 amide bonds. The molecule has 96 valence electrons. The van der Waals surface area contributed by atoms with Crippen molar-refractivity contribution in [2.75, 3.05) is 26.2 Å². The molecule has 0 aromatic rings. The van der Waals surface area contributed by atoms with Gasteiger partial charge in [0.05, 0.1) is 0 Å². The molecule has 1 aliphatic carbocycles. The monoisotopic (exact) mass is 255 g/mol. The molecule has 0 aromatic carbocycles. The standard InChI is InChI=1S/C14H22ClNO/c1-2-12-5-6-13(15)11-14(12)17-10-9-16-7-3-4-8-16/h6,11-12H,2-5,7-10H2,1H3. The first kappa shape index (κ1) is 13.0. The summed E-state index contributed by atoms with van der Waals surface area (Å²) in [5.74, 6) is 1.61. The van der Waals surface area contributed by atoms with E-state index in [-0.39, 0.29) is 0 Å². The maximum atomic E-state index is 6.03. The SMILES string of the molecule is CCC1CC=C(Cl)C=C1OCCN1CCCC1. The Morgan fingerprint density at radius 2 is 2.18 bits per heavy atom. The van der Waals surface area contributed by atoms with Gasteiger partial charge in [0, 0.05) is 17.5 Å². The van der Waals surface area contributed by atoms with Gasteiger partial charge in [-0.15, -0.1) is 0 Å². The van der Waals surface area contributed by atoms with Crippen molar-refractivity contribution in [3.8, 4) is 0 Å². The fourth-order valence-corrected chi connectivity index (χ4v) is 2.71. The summed E-state index contributed by atoms with van der Waals surface area (Å²) in [6.07, 6.45) is 8.90. The van der Waals surface area contributed by atoms with Gasteiger partial charge in [-0.3, -0.25) is 4.90 Å². The predicted octanol–water partition coefficient (Wildman–Crippen LogP) is 3.54. The largest absolute Gasteiger partial charge is 0.496 e. The summed E-state index contributed by atoms with van der Waals surface area (Å²) >= 11 is 6.03. The number of rotatable bonds is 5. The van der Waals surface area contributed by atoms with Gasteiger partial charge < -0.3 is 4.74 Å². The summed E-state index contributed by atoms with van der Waals surface area (Å²) in [5, 5.41) is 0.825. The van der Waals surface area contributed by atoms with Crippen LogP contribution in [0.5, 0.6) is 0 Å². The molecule has 1 aliphatic heterocycles. The smallest absolute Gasteiger partial charge is 0.101 e. The molecule has 3 heteroatoms. The molecule has 0 bridgehead atoms. The topological polar surface area (TPSA) is 12.5 Å². The van der Waals surface area contributed by atoms with E-state index in [0.29, 0.717) is 5.92 Å². The van der Waals surface area contributed by atoms with Crippen molar-refractivity contribution in [3.63, 3.8) is 0 Å². The summed E-state index contributed by atoms with van der Waals surface area (Å²) in [4.78, 5) is 2.47. The van der Waals surface area contributed by atoms with Gasteiger partial charge >= 0.3 is 0 Å². The molecule has 1 fully saturated rings. The fraction of sp³-hybridized carbons (Fsp3) is 0.714. The van der Waals surface area contributed by atoms with E-state index in [1.165, 1.54) is 25.9 Å². The summed E-state index contributed by atoms with van der Waals surface area (Å²) in [5.41, 5.74) is 0. The van der Waals surface area contributed by atoms with E-state index in [4.69, 9.17) is 16.3 Å². The minimum Gasteiger partial charge on any atom is -0.496 e. The molecule has 0 N–H and O–H groups in total. The van der Waals surface area contributed by atoms with Gasteiger partial charge in [-0.05, 0) is 44.8 Å². The Bertz CT molecular complexity index is 305. The maximum absolute atomic E-state index is 6.03. The van der Waals surface area contributed by atoms with Gasteiger partial charge in [0.1, 0.15) is 12.4 Å². The quantitative estimate of drug-likeness (QED) is 0.745. The molecular weight excluding hydrogens is 234 g/mol. The third-order valence-electron chi connectivity index (χ3n) is 3.65. The van der Waals surface area contributed by atoms with Gasteiger partial charge in [0.15, 0.2) is 0 Å². The number of hydrogen-bond acceptors (Lipinski definition) is 2. The lowest BCUT2D eigenvalue weighted by Gasteiger charge is -2.23. The molecule has 0 spiro atoms. The summed E-state index contributed by atoms with van der Waals surface area (Å²) in [6, 6.07) is 0. The van der Waals surface area contributed by atoms with Crippen molar-refractivity contribution in [1.29, 1.82) is 0 Å². The van der Waals surface area contributed by atoms with Crippen LogP contribution in [0, 0.1) is 5.92 Å². The molecule has 0 radical (unpaired) electrons. The van der Waals surface area contributed by atoms with Crippen LogP contribution in [0.1, 0.15) is 32.6 Å². The number of halogens is 1. The number of hydrogen-bond donors (Lipinski definition) is 0. The summed E-state index contributed by atoms with van der Waals surface area (Å²) < 4.78 is 5.91. The zero-order valence-electron chi connectivity index (χ0n) is 10.6. The third-order valence-corrected chi connectivity index (χ3v) is 3.91. The van der Waals surface area contributed by atoms with Gasteiger partial charge in [-0.25, -0.2) is 0 Å². The number of nitrogens with zero attached hydrogens (tertiary/aromatic N) is 1. The fourth-order valence-electron chi connectivity index (χ4n) is 2.51. The van der Waals surface area contributed by atoms with Crippen molar-refractivity contribution in [3.05, 3.63) is 22.9 Å². The normalized spacial score (nSPS) is 25.6. The lowest BCUT2D eigenvalue weighted by molar-refractivity contribution is 0.145. The molecule has 1 atom stereocenters. The van der Waals surface area contributed by atoms with Crippen molar-refractivity contribution >= 4 is 11.6 Å². The molecule has 17 heavy (non-hydrogen) atoms. The lowest BCUT2D eigenvalue weighted by Crippen LogP contribution is -2.24. The van der Waals surface area contributed by atoms with E-state index >= 15 is 0 Å². The molecule has 0 saturated carbocycles. The Kier molecular flexibility index (Phi) is 4.93. The predicted molar refractivity (Wildman–Crippen MR) is 72.0 cm³/mol. The van der Waals surface area contributed by atoms with E-state index in [0.717, 1.165) is 36.8 Å². The van der Waals surface area contributed by atoms with Gasteiger partial charge in [0.2, 0.25) is 0 Å². The van der Waals surface area contributed by atoms with Crippen molar-refractivity contribution < 1.29 is 4.74 Å². The minimum absolute atomic E-state index is 0.524. The van der Waals surface area contributed by atoms with Gasteiger partial charge in [0.25, 0.3) is 0 Å². The minimum atomic E-state index is 0.524. The maximum Gasteiger partial charge on any atom is 0.101 e. The van der Waals surface area contributed by atoms with Crippen molar-refractivity contribution in [1.82, 2.24) is 4.90 Å². The van der Waals surface area contributed by atoms with E-state index in [2.05, 4.69) is 17.9 Å². The highest BCUT2D eigenvalue weighted by molar-refractivity contribution is 6.31. The molecule has 2 aliphatic rings. The van der Waals surface area contributed by atoms with Crippen molar-refractivity contribution in [2.45, 2.75) is 32.6 Å². The van der Waals surface area contributed by atoms with Crippen LogP contribution in [-0.4, -0.2) is 31.1 Å². The second-order valence-corrected chi connectivity index (χ2v) is 5.31. The lowest BCUT2D eigenvalue weighted by atomic mass is 9.96. The number of allylic oxidation sites excluding steroid dienone is 4. The zero-order valence-corrected chi connectivity index (χ0v) is 11.4. The van der Waals surface area contributed by atoms with E-state index < -0.39 is 0 Å². The Morgan fingerprint density at radius 3 is 2.88 bits per heavy atom. The molecule has 0 aromatic heterocycles. The van der Waals surface area contributed by atoms with Crippen LogP contribution >= 0.6 is 11.6 Å². The first-order chi connectivity index (χ1) is 8.29. The molecule has 2 nitrogen and oxygen atoms in total. The highest BCUT2D eigenvalue weighted by Crippen LogP contribution is 2.28. The van der Waals surface area contributed by atoms with Crippen LogP contribution in [0.25, 0.3) is 0 Å². The molecular formula is C14H22ClNO. The first-order valence-corrected chi connectivity index (χ1v) is 7.09. The Hall–Kier alpha value is -0.470. The van der Waals surface area contributed by atoms with Crippen LogP contribution in [0.3, 0.4) is 0 Å². The Labute approximate surface area is 109 Å². The molecule has 1 heterocycles. The second kappa shape index (κ2) is 6.46. The van der Waals surface area contributed by atoms with Gasteiger partial charge in [-0.1, -0.05) is 24.6 Å². The third kappa shape index (κ3) is 3.75. The Morgan fingerprint density at radius 1 is 1.41 bits per heavy atom. The van der Waals surface area contributed by atoms with Crippen molar-refractivity contribution in [2.24, 2.45) is 5.92 Å². The average Bonchev–Trinajstić information content (AvgIpc) is 2.82. The summed E-state index contributed by atoms with van der Waals surface area (Å²) in [7, 11) is 0. The van der Waals surface area contributed by atoms with Crippen LogP contribution in [0.15, 0.2) is 22.9 Å². The summed E-state index contributed by atoms with van der Waals surface area (Å²) in [6.45, 7) is 6.53. The Balaban J connectivity index is 1.77. The average molecular weight is 256 g/mol. The van der Waals surface area contributed by atoms with Crippen LogP contribution in [-0.2, 0) is 4.74 Å². The van der Waals surface area contributed by atoms with Crippen LogP contribution in [0.4, 0.5) is 0 Å². The highest BCUT2D eigenvalue weighted by Gasteiger charge is 2.18. The van der Waals surface area contributed by atoms with E-state index in [9.17, 15) is 0 Å². The van der Waals surface area contributed by atoms with E-state index in [1.54, 1.807) is 0 Å². The van der Waals surface area contributed by atoms with Crippen LogP contribution < -0.4 is 0 Å². The molecule has 2 rings (SSSR count). The van der Waals surface area contributed by atoms with E-state index in [1.807, 2.05) is 6.08 Å². The first-order valence-electron chi connectivity index (χ1n) is 6.72. The zero-order chi connectivity index (χ0) is 12.1.